The molecule has 0 N–H and O–H groups in total. The summed E-state index contributed by atoms with van der Waals surface area (Å²) in [5.41, 5.74) is 9.57. The highest BCUT2D eigenvalue weighted by molar-refractivity contribution is 6.32. The molecule has 0 heterocycles. The maximum absolute atomic E-state index is 8.29. The van der Waals surface area contributed by atoms with Gasteiger partial charge in [0.05, 0.1) is 0 Å². The van der Waals surface area contributed by atoms with E-state index in [1.54, 1.807) is 6.08 Å². The predicted octanol–water partition coefficient (Wildman–Crippen LogP) is 1.82. The Morgan fingerprint density at radius 2 is 2.20 bits per heavy atom. The SMILES string of the molecule is CC(C)=CC(C#CCl)=[N+]=[N-]. The van der Waals surface area contributed by atoms with Crippen molar-refractivity contribution >= 4 is 17.3 Å². The van der Waals surface area contributed by atoms with E-state index >= 15 is 0 Å². The van der Waals surface area contributed by atoms with Crippen molar-refractivity contribution in [2.75, 3.05) is 0 Å². The van der Waals surface area contributed by atoms with Crippen molar-refractivity contribution in [3.05, 3.63) is 17.2 Å². The van der Waals surface area contributed by atoms with Gasteiger partial charge in [-0.25, -0.2) is 0 Å². The fourth-order valence-electron chi connectivity index (χ4n) is 0.412. The van der Waals surface area contributed by atoms with Gasteiger partial charge in [-0.1, -0.05) is 5.57 Å². The molecule has 0 spiro atoms. The Balaban J connectivity index is 4.53. The van der Waals surface area contributed by atoms with Gasteiger partial charge in [0.2, 0.25) is 0 Å². The highest BCUT2D eigenvalue weighted by Gasteiger charge is 1.95. The van der Waals surface area contributed by atoms with E-state index < -0.39 is 0 Å². The van der Waals surface area contributed by atoms with Crippen LogP contribution in [0.5, 0.6) is 0 Å². The first-order valence-electron chi connectivity index (χ1n) is 2.69. The molecule has 10 heavy (non-hydrogen) atoms. The van der Waals surface area contributed by atoms with Gasteiger partial charge in [-0.2, -0.15) is 4.79 Å². The molecule has 0 amide bonds. The van der Waals surface area contributed by atoms with Crippen LogP contribution < -0.4 is 0 Å². The van der Waals surface area contributed by atoms with Crippen LogP contribution in [0.2, 0.25) is 0 Å². The monoisotopic (exact) mass is 154 g/mol. The summed E-state index contributed by atoms with van der Waals surface area (Å²) in [6.45, 7) is 3.75. The van der Waals surface area contributed by atoms with E-state index in [0.717, 1.165) is 5.57 Å². The molecule has 0 aliphatic rings. The zero-order valence-electron chi connectivity index (χ0n) is 5.85. The summed E-state index contributed by atoms with van der Waals surface area (Å²) in [5.74, 6) is 2.40. The summed E-state index contributed by atoms with van der Waals surface area (Å²) < 4.78 is 0. The maximum atomic E-state index is 8.29. The van der Waals surface area contributed by atoms with E-state index in [1.165, 1.54) is 0 Å². The van der Waals surface area contributed by atoms with Crippen LogP contribution in [0.25, 0.3) is 5.53 Å². The van der Waals surface area contributed by atoms with E-state index in [9.17, 15) is 0 Å². The molecule has 0 aromatic heterocycles. The normalized spacial score (nSPS) is 6.70. The van der Waals surface area contributed by atoms with Crippen LogP contribution >= 0.6 is 11.6 Å². The predicted molar refractivity (Wildman–Crippen MR) is 41.7 cm³/mol. The number of rotatable bonds is 1. The van der Waals surface area contributed by atoms with Gasteiger partial charge in [-0.3, -0.25) is 0 Å². The molecule has 0 aliphatic heterocycles. The average Bonchev–Trinajstić information content (AvgIpc) is 1.86. The largest absolute Gasteiger partial charge is 0.366 e. The van der Waals surface area contributed by atoms with Crippen LogP contribution in [0.15, 0.2) is 11.6 Å². The molecular formula is C7H7ClN2. The van der Waals surface area contributed by atoms with Gasteiger partial charge in [0.25, 0.3) is 0 Å². The van der Waals surface area contributed by atoms with Crippen molar-refractivity contribution in [3.63, 3.8) is 0 Å². The molecular weight excluding hydrogens is 148 g/mol. The Bertz CT molecular complexity index is 245. The summed E-state index contributed by atoms with van der Waals surface area (Å²) in [5, 5.41) is 2.11. The first kappa shape index (κ1) is 8.97. The van der Waals surface area contributed by atoms with E-state index in [0.29, 0.717) is 0 Å². The molecule has 2 nitrogen and oxygen atoms in total. The molecule has 0 atom stereocenters. The highest BCUT2D eigenvalue weighted by atomic mass is 35.5. The standard InChI is InChI=1S/C7H7ClN2/c1-6(2)5-7(10-9)3-4-8/h5H,1-2H3. The van der Waals surface area contributed by atoms with Crippen molar-refractivity contribution in [2.45, 2.75) is 13.8 Å². The summed E-state index contributed by atoms with van der Waals surface area (Å²) in [6.07, 6.45) is 1.63. The van der Waals surface area contributed by atoms with Crippen molar-refractivity contribution in [2.24, 2.45) is 0 Å². The molecule has 0 saturated heterocycles. The Labute approximate surface area is 65.1 Å². The molecule has 0 bridgehead atoms. The van der Waals surface area contributed by atoms with Crippen LogP contribution in [0.1, 0.15) is 13.8 Å². The lowest BCUT2D eigenvalue weighted by molar-refractivity contribution is -0.000727. The third-order valence-corrected chi connectivity index (χ3v) is 0.803. The van der Waals surface area contributed by atoms with Crippen LogP contribution in [0, 0.1) is 11.3 Å². The van der Waals surface area contributed by atoms with Gasteiger partial charge < -0.3 is 5.53 Å². The third kappa shape index (κ3) is 3.91. The zero-order valence-corrected chi connectivity index (χ0v) is 6.61. The van der Waals surface area contributed by atoms with Crippen molar-refractivity contribution in [3.8, 4) is 11.3 Å². The summed E-state index contributed by atoms with van der Waals surface area (Å²) >= 11 is 5.08. The number of allylic oxidation sites excluding steroid dienone is 2. The quantitative estimate of drug-likeness (QED) is 0.239. The summed E-state index contributed by atoms with van der Waals surface area (Å²) in [6, 6.07) is 0. The molecule has 0 radical (unpaired) electrons. The Morgan fingerprint density at radius 3 is 2.50 bits per heavy atom. The first-order chi connectivity index (χ1) is 4.70. The second kappa shape index (κ2) is 4.81. The summed E-state index contributed by atoms with van der Waals surface area (Å²) in [7, 11) is 0. The van der Waals surface area contributed by atoms with Crippen LogP contribution in [0.4, 0.5) is 0 Å². The Morgan fingerprint density at radius 1 is 1.60 bits per heavy atom. The van der Waals surface area contributed by atoms with Gasteiger partial charge in [0.15, 0.2) is 0 Å². The molecule has 0 unspecified atom stereocenters. The minimum Gasteiger partial charge on any atom is -0.360 e. The van der Waals surface area contributed by atoms with Crippen molar-refractivity contribution in [1.29, 1.82) is 0 Å². The number of hydrogen-bond donors (Lipinski definition) is 0. The lowest BCUT2D eigenvalue weighted by atomic mass is 10.2. The van der Waals surface area contributed by atoms with Gasteiger partial charge in [0, 0.05) is 17.4 Å². The zero-order chi connectivity index (χ0) is 7.98. The maximum Gasteiger partial charge on any atom is 0.366 e. The lowest BCUT2D eigenvalue weighted by Crippen LogP contribution is -1.89. The first-order valence-corrected chi connectivity index (χ1v) is 3.07. The number of nitrogens with zero attached hydrogens (tertiary/aromatic N) is 2. The third-order valence-electron chi connectivity index (χ3n) is 0.708. The minimum absolute atomic E-state index is 0.273. The van der Waals surface area contributed by atoms with Crippen molar-refractivity contribution < 1.29 is 4.79 Å². The smallest absolute Gasteiger partial charge is 0.360 e. The molecule has 0 aliphatic carbocycles. The Hall–Kier alpha value is -1.03. The fourth-order valence-corrected chi connectivity index (χ4v) is 0.509. The van der Waals surface area contributed by atoms with E-state index in [1.807, 2.05) is 13.8 Å². The molecule has 3 heteroatoms. The molecule has 0 aromatic rings. The second-order valence-corrected chi connectivity index (χ2v) is 2.12. The van der Waals surface area contributed by atoms with E-state index in [2.05, 4.69) is 16.1 Å². The van der Waals surface area contributed by atoms with Crippen LogP contribution in [0.3, 0.4) is 0 Å². The van der Waals surface area contributed by atoms with E-state index in [-0.39, 0.29) is 5.71 Å². The minimum atomic E-state index is 0.273. The van der Waals surface area contributed by atoms with Crippen molar-refractivity contribution in [1.82, 2.24) is 0 Å². The summed E-state index contributed by atoms with van der Waals surface area (Å²) in [4.78, 5) is 2.90. The molecule has 0 aromatic carbocycles. The fraction of sp³-hybridized carbons (Fsp3) is 0.286. The molecule has 52 valence electrons. The van der Waals surface area contributed by atoms with Gasteiger partial charge >= 0.3 is 5.71 Å². The van der Waals surface area contributed by atoms with Gasteiger partial charge in [-0.05, 0) is 25.4 Å². The topological polar surface area (TPSA) is 36.4 Å². The number of hydrogen-bond acceptors (Lipinski definition) is 0. The van der Waals surface area contributed by atoms with Gasteiger partial charge in [-0.15, -0.1) is 0 Å². The average molecular weight is 155 g/mol. The van der Waals surface area contributed by atoms with Gasteiger partial charge in [0.1, 0.15) is 0 Å². The molecule has 0 fully saturated rings. The molecule has 0 rings (SSSR count). The second-order valence-electron chi connectivity index (χ2n) is 1.93. The van der Waals surface area contributed by atoms with Crippen LogP contribution in [-0.2, 0) is 0 Å². The molecule has 0 saturated carbocycles. The lowest BCUT2D eigenvalue weighted by Gasteiger charge is -1.78. The van der Waals surface area contributed by atoms with E-state index in [4.69, 9.17) is 17.1 Å². The Kier molecular flexibility index (Phi) is 4.32. The van der Waals surface area contributed by atoms with Crippen LogP contribution in [-0.4, -0.2) is 10.5 Å². The number of halogens is 1. The highest BCUT2D eigenvalue weighted by Crippen LogP contribution is 1.87.